The monoisotopic (exact) mass is 287 g/mol. The third kappa shape index (κ3) is 2.49. The average molecular weight is 288 g/mol. The van der Waals surface area contributed by atoms with Crippen molar-refractivity contribution in [1.29, 1.82) is 0 Å². The molecule has 4 heteroatoms. The smallest absolute Gasteiger partial charge is 0.223 e. The van der Waals surface area contributed by atoms with Crippen molar-refractivity contribution in [2.24, 2.45) is 0 Å². The Kier molecular flexibility index (Phi) is 3.61. The fraction of sp³-hybridized carbons (Fsp3) is 0.188. The second-order valence-corrected chi connectivity index (χ2v) is 5.06. The van der Waals surface area contributed by atoms with E-state index in [0.29, 0.717) is 19.6 Å². The highest BCUT2D eigenvalue weighted by Crippen LogP contribution is 2.39. The lowest BCUT2D eigenvalue weighted by Gasteiger charge is -2.25. The lowest BCUT2D eigenvalue weighted by molar-refractivity contribution is -0.111. The van der Waals surface area contributed by atoms with Crippen LogP contribution in [0.2, 0.25) is 0 Å². The molecule has 0 N–H and O–H groups in total. The van der Waals surface area contributed by atoms with E-state index in [1.165, 1.54) is 0 Å². The van der Waals surface area contributed by atoms with Gasteiger partial charge in [-0.3, -0.25) is 4.79 Å². The van der Waals surface area contributed by atoms with E-state index in [4.69, 9.17) is 16.3 Å². The number of para-hydroxylation sites is 3. The molecule has 0 spiro atoms. The number of carbonyl (C=O) groups excluding carboxylic acids is 1. The molecule has 2 aromatic rings. The highest BCUT2D eigenvalue weighted by Gasteiger charge is 2.21. The van der Waals surface area contributed by atoms with Gasteiger partial charge in [0, 0.05) is 24.2 Å². The van der Waals surface area contributed by atoms with Crippen molar-refractivity contribution in [2.45, 2.75) is 13.0 Å². The van der Waals surface area contributed by atoms with Crippen molar-refractivity contribution in [3.05, 3.63) is 54.1 Å². The summed E-state index contributed by atoms with van der Waals surface area (Å²) in [5.74, 6) is 0.825. The maximum absolute atomic E-state index is 11.1. The Balaban J connectivity index is 2.06. The standard InChI is InChI=1S/C16H14ClNO2/c17-16(19)9-10-18-13-6-2-1-5-12(13)11-20-15-8-4-3-7-14(15)18/h1-8H,9-11H2. The van der Waals surface area contributed by atoms with Crippen molar-refractivity contribution >= 4 is 28.2 Å². The highest BCUT2D eigenvalue weighted by atomic mass is 35.5. The van der Waals surface area contributed by atoms with Crippen LogP contribution in [0.5, 0.6) is 5.75 Å². The summed E-state index contributed by atoms with van der Waals surface area (Å²) in [6.07, 6.45) is 0.296. The topological polar surface area (TPSA) is 29.5 Å². The average Bonchev–Trinajstić information content (AvgIpc) is 2.62. The Hall–Kier alpha value is -2.00. The molecule has 1 heterocycles. The summed E-state index contributed by atoms with van der Waals surface area (Å²) >= 11 is 5.50. The fourth-order valence-corrected chi connectivity index (χ4v) is 2.51. The summed E-state index contributed by atoms with van der Waals surface area (Å²) in [6.45, 7) is 1.07. The Morgan fingerprint density at radius 1 is 1.10 bits per heavy atom. The molecule has 3 nitrogen and oxygen atoms in total. The SMILES string of the molecule is O=C(Cl)CCN1c2ccccc2COc2ccccc21. The number of hydrogen-bond acceptors (Lipinski definition) is 3. The molecular formula is C16H14ClNO2. The van der Waals surface area contributed by atoms with Crippen LogP contribution in [0.15, 0.2) is 48.5 Å². The summed E-state index contributed by atoms with van der Waals surface area (Å²) in [4.78, 5) is 13.2. The first-order chi connectivity index (χ1) is 9.75. The maximum atomic E-state index is 11.1. The second-order valence-electron chi connectivity index (χ2n) is 4.64. The van der Waals surface area contributed by atoms with Crippen LogP contribution in [0, 0.1) is 0 Å². The zero-order chi connectivity index (χ0) is 13.9. The van der Waals surface area contributed by atoms with E-state index >= 15 is 0 Å². The summed E-state index contributed by atoms with van der Waals surface area (Å²) in [6, 6.07) is 15.9. The van der Waals surface area contributed by atoms with Crippen LogP contribution < -0.4 is 9.64 Å². The zero-order valence-electron chi connectivity index (χ0n) is 10.9. The number of benzene rings is 2. The Morgan fingerprint density at radius 2 is 1.80 bits per heavy atom. The molecule has 0 bridgehead atoms. The van der Waals surface area contributed by atoms with Crippen LogP contribution in [-0.4, -0.2) is 11.8 Å². The van der Waals surface area contributed by atoms with E-state index < -0.39 is 0 Å². The van der Waals surface area contributed by atoms with Crippen LogP contribution >= 0.6 is 11.6 Å². The summed E-state index contributed by atoms with van der Waals surface area (Å²) in [5, 5.41) is -0.329. The van der Waals surface area contributed by atoms with Gasteiger partial charge in [-0.1, -0.05) is 30.3 Å². The van der Waals surface area contributed by atoms with Gasteiger partial charge in [0.2, 0.25) is 5.24 Å². The van der Waals surface area contributed by atoms with Crippen LogP contribution in [0.3, 0.4) is 0 Å². The van der Waals surface area contributed by atoms with Crippen molar-refractivity contribution in [3.8, 4) is 5.75 Å². The van der Waals surface area contributed by atoms with Gasteiger partial charge in [0.15, 0.2) is 0 Å². The first-order valence-corrected chi connectivity index (χ1v) is 6.89. The molecule has 0 saturated carbocycles. The fourth-order valence-electron chi connectivity index (χ4n) is 2.42. The van der Waals surface area contributed by atoms with Crippen molar-refractivity contribution in [2.75, 3.05) is 11.4 Å². The molecule has 0 atom stereocenters. The number of hydrogen-bond donors (Lipinski definition) is 0. The third-order valence-electron chi connectivity index (χ3n) is 3.35. The molecule has 0 unspecified atom stereocenters. The minimum Gasteiger partial charge on any atom is -0.487 e. The molecule has 3 rings (SSSR count). The highest BCUT2D eigenvalue weighted by molar-refractivity contribution is 6.63. The molecule has 1 aliphatic heterocycles. The quantitative estimate of drug-likeness (QED) is 0.803. The normalized spacial score (nSPS) is 12.9. The molecule has 0 fully saturated rings. The number of fused-ring (bicyclic) bond motifs is 2. The number of carbonyl (C=O) groups is 1. The Labute approximate surface area is 122 Å². The van der Waals surface area contributed by atoms with Gasteiger partial charge in [0.05, 0.1) is 5.69 Å². The van der Waals surface area contributed by atoms with Gasteiger partial charge in [0.25, 0.3) is 0 Å². The molecule has 2 aromatic carbocycles. The van der Waals surface area contributed by atoms with Crippen molar-refractivity contribution < 1.29 is 9.53 Å². The lowest BCUT2D eigenvalue weighted by Crippen LogP contribution is -2.20. The summed E-state index contributed by atoms with van der Waals surface area (Å²) in [7, 11) is 0. The van der Waals surface area contributed by atoms with E-state index in [0.717, 1.165) is 22.7 Å². The van der Waals surface area contributed by atoms with E-state index in [2.05, 4.69) is 4.90 Å². The number of nitrogens with zero attached hydrogens (tertiary/aromatic N) is 1. The lowest BCUT2D eigenvalue weighted by atomic mass is 10.1. The van der Waals surface area contributed by atoms with Crippen LogP contribution in [0.1, 0.15) is 12.0 Å². The van der Waals surface area contributed by atoms with Gasteiger partial charge in [-0.05, 0) is 29.8 Å². The first-order valence-electron chi connectivity index (χ1n) is 6.51. The van der Waals surface area contributed by atoms with Crippen LogP contribution in [-0.2, 0) is 11.4 Å². The molecule has 0 radical (unpaired) electrons. The predicted octanol–water partition coefficient (Wildman–Crippen LogP) is 3.87. The zero-order valence-corrected chi connectivity index (χ0v) is 11.6. The van der Waals surface area contributed by atoms with Gasteiger partial charge < -0.3 is 9.64 Å². The van der Waals surface area contributed by atoms with Gasteiger partial charge >= 0.3 is 0 Å². The first kappa shape index (κ1) is 13.0. The molecule has 0 saturated heterocycles. The van der Waals surface area contributed by atoms with E-state index in [9.17, 15) is 4.79 Å². The van der Waals surface area contributed by atoms with E-state index in [-0.39, 0.29) is 5.24 Å². The number of halogens is 1. The van der Waals surface area contributed by atoms with Crippen molar-refractivity contribution in [1.82, 2.24) is 0 Å². The molecule has 0 aromatic heterocycles. The minimum atomic E-state index is -0.329. The Morgan fingerprint density at radius 3 is 2.60 bits per heavy atom. The molecule has 102 valence electrons. The van der Waals surface area contributed by atoms with Gasteiger partial charge in [-0.25, -0.2) is 0 Å². The molecule has 0 aliphatic carbocycles. The van der Waals surface area contributed by atoms with Gasteiger partial charge in [-0.2, -0.15) is 0 Å². The van der Waals surface area contributed by atoms with E-state index in [1.807, 2.05) is 48.5 Å². The molecule has 1 aliphatic rings. The molecular weight excluding hydrogens is 274 g/mol. The van der Waals surface area contributed by atoms with Crippen LogP contribution in [0.4, 0.5) is 11.4 Å². The minimum absolute atomic E-state index is 0.296. The Bertz CT molecular complexity index is 594. The number of anilines is 2. The van der Waals surface area contributed by atoms with Crippen molar-refractivity contribution in [3.63, 3.8) is 0 Å². The van der Waals surface area contributed by atoms with E-state index in [1.54, 1.807) is 0 Å². The molecule has 20 heavy (non-hydrogen) atoms. The second kappa shape index (κ2) is 5.55. The predicted molar refractivity (Wildman–Crippen MR) is 79.7 cm³/mol. The number of rotatable bonds is 3. The van der Waals surface area contributed by atoms with Crippen LogP contribution in [0.25, 0.3) is 0 Å². The van der Waals surface area contributed by atoms with Gasteiger partial charge in [-0.15, -0.1) is 0 Å². The largest absolute Gasteiger partial charge is 0.487 e. The van der Waals surface area contributed by atoms with Gasteiger partial charge in [0.1, 0.15) is 12.4 Å². The summed E-state index contributed by atoms with van der Waals surface area (Å²) in [5.41, 5.74) is 3.14. The third-order valence-corrected chi connectivity index (χ3v) is 3.54. The number of ether oxygens (including phenoxy) is 1. The molecule has 0 amide bonds. The summed E-state index contributed by atoms with van der Waals surface area (Å²) < 4.78 is 5.85. The maximum Gasteiger partial charge on any atom is 0.223 e.